The monoisotopic (exact) mass is 523 g/mol. The number of aromatic nitrogens is 2. The van der Waals surface area contributed by atoms with E-state index < -0.39 is 5.97 Å². The molecule has 3 heterocycles. The molecular weight excluding hydrogens is 494 g/mol. The number of anilines is 2. The highest BCUT2D eigenvalue weighted by atomic mass is 32.1. The van der Waals surface area contributed by atoms with Gasteiger partial charge in [-0.15, -0.1) is 22.7 Å². The Balaban J connectivity index is 1.68. The van der Waals surface area contributed by atoms with Crippen LogP contribution in [0, 0.1) is 12.8 Å². The van der Waals surface area contributed by atoms with Crippen molar-refractivity contribution >= 4 is 39.6 Å². The Bertz CT molecular complexity index is 1330. The van der Waals surface area contributed by atoms with Crippen molar-refractivity contribution in [2.24, 2.45) is 5.92 Å². The molecule has 2 N–H and O–H groups in total. The highest BCUT2D eigenvalue weighted by Gasteiger charge is 2.19. The van der Waals surface area contributed by atoms with E-state index in [1.54, 1.807) is 30.7 Å². The maximum absolute atomic E-state index is 12.0. The van der Waals surface area contributed by atoms with Gasteiger partial charge in [-0.3, -0.25) is 0 Å². The number of nitrogens with zero attached hydrogens (tertiary/aromatic N) is 2. The third-order valence-corrected chi connectivity index (χ3v) is 7.23. The van der Waals surface area contributed by atoms with Crippen molar-refractivity contribution in [3.05, 3.63) is 64.0 Å². The maximum Gasteiger partial charge on any atom is 0.339 e. The van der Waals surface area contributed by atoms with E-state index in [9.17, 15) is 9.90 Å². The molecule has 0 aliphatic rings. The molecule has 0 saturated heterocycles. The number of thiazole rings is 1. The van der Waals surface area contributed by atoms with Crippen LogP contribution in [-0.2, 0) is 11.2 Å². The molecule has 9 heteroatoms. The first kappa shape index (κ1) is 25.8. The molecule has 0 fully saturated rings. The summed E-state index contributed by atoms with van der Waals surface area (Å²) >= 11 is 3.06. The SMILES string of the molecule is COCCOc1cc(C)cc(-c2nc(Nc3ncc(-c4cccs4)cc3C(=O)O)sc2CC(C)C)c1. The first-order chi connectivity index (χ1) is 17.3. The number of ether oxygens (including phenoxy) is 2. The van der Waals surface area contributed by atoms with E-state index in [0.29, 0.717) is 24.3 Å². The average Bonchev–Trinajstić information content (AvgIpc) is 3.49. The van der Waals surface area contributed by atoms with Gasteiger partial charge in [-0.05, 0) is 60.5 Å². The number of benzene rings is 1. The summed E-state index contributed by atoms with van der Waals surface area (Å²) in [5.41, 5.74) is 3.77. The molecule has 4 rings (SSSR count). The zero-order valence-corrected chi connectivity index (χ0v) is 22.3. The van der Waals surface area contributed by atoms with Gasteiger partial charge in [-0.2, -0.15) is 0 Å². The van der Waals surface area contributed by atoms with Gasteiger partial charge < -0.3 is 19.9 Å². The van der Waals surface area contributed by atoms with Crippen LogP contribution in [0.4, 0.5) is 10.9 Å². The fourth-order valence-corrected chi connectivity index (χ4v) is 5.66. The molecule has 0 aliphatic carbocycles. The zero-order chi connectivity index (χ0) is 25.7. The van der Waals surface area contributed by atoms with Crippen molar-refractivity contribution in [3.8, 4) is 27.4 Å². The molecule has 0 amide bonds. The van der Waals surface area contributed by atoms with Gasteiger partial charge >= 0.3 is 5.97 Å². The van der Waals surface area contributed by atoms with Crippen LogP contribution in [0.2, 0.25) is 0 Å². The van der Waals surface area contributed by atoms with Crippen LogP contribution in [0.3, 0.4) is 0 Å². The third kappa shape index (κ3) is 6.29. The number of thiophene rings is 1. The summed E-state index contributed by atoms with van der Waals surface area (Å²) in [6, 6.07) is 11.6. The van der Waals surface area contributed by atoms with E-state index in [-0.39, 0.29) is 11.4 Å². The average molecular weight is 524 g/mol. The molecule has 0 aliphatic heterocycles. The van der Waals surface area contributed by atoms with Gasteiger partial charge in [0.15, 0.2) is 5.13 Å². The smallest absolute Gasteiger partial charge is 0.339 e. The van der Waals surface area contributed by atoms with Gasteiger partial charge in [0.05, 0.1) is 12.3 Å². The molecule has 0 spiro atoms. The van der Waals surface area contributed by atoms with Crippen LogP contribution < -0.4 is 10.1 Å². The summed E-state index contributed by atoms with van der Waals surface area (Å²) in [5.74, 6) is 0.419. The quantitative estimate of drug-likeness (QED) is 0.206. The Kier molecular flexibility index (Phi) is 8.35. The van der Waals surface area contributed by atoms with E-state index in [1.165, 1.54) is 11.3 Å². The fraction of sp³-hybridized carbons (Fsp3) is 0.296. The van der Waals surface area contributed by atoms with Crippen LogP contribution in [0.25, 0.3) is 21.7 Å². The molecule has 3 aromatic heterocycles. The second-order valence-electron chi connectivity index (χ2n) is 8.79. The van der Waals surface area contributed by atoms with E-state index >= 15 is 0 Å². The van der Waals surface area contributed by atoms with E-state index in [4.69, 9.17) is 14.5 Å². The topological polar surface area (TPSA) is 93.6 Å². The number of carboxylic acids is 1. The van der Waals surface area contributed by atoms with Gasteiger partial charge in [-0.25, -0.2) is 14.8 Å². The molecule has 0 bridgehead atoms. The standard InChI is InChI=1S/C27H29N3O4S2/c1-16(2)10-23-24(18-11-17(3)12-20(13-18)34-8-7-33-4)29-27(36-23)30-25-21(26(31)32)14-19(15-28-25)22-6-5-9-35-22/h5-6,9,11-16H,7-8,10H2,1-4H3,(H,31,32)(H,28,29,30). The minimum absolute atomic E-state index is 0.104. The number of aryl methyl sites for hydroxylation is 1. The van der Waals surface area contributed by atoms with Gasteiger partial charge in [0, 0.05) is 34.2 Å². The third-order valence-electron chi connectivity index (χ3n) is 5.32. The van der Waals surface area contributed by atoms with Crippen LogP contribution >= 0.6 is 22.7 Å². The van der Waals surface area contributed by atoms with Crippen LogP contribution in [0.15, 0.2) is 48.0 Å². The number of nitrogens with one attached hydrogen (secondary N) is 1. The van der Waals surface area contributed by atoms with Crippen LogP contribution in [-0.4, -0.2) is 41.4 Å². The molecule has 188 valence electrons. The first-order valence-electron chi connectivity index (χ1n) is 11.6. The Morgan fingerprint density at radius 1 is 1.17 bits per heavy atom. The minimum atomic E-state index is -1.04. The van der Waals surface area contributed by atoms with Crippen molar-refractivity contribution in [3.63, 3.8) is 0 Å². The van der Waals surface area contributed by atoms with Crippen molar-refractivity contribution in [1.82, 2.24) is 9.97 Å². The van der Waals surface area contributed by atoms with Crippen molar-refractivity contribution in [2.75, 3.05) is 25.6 Å². The molecule has 0 radical (unpaired) electrons. The second-order valence-corrected chi connectivity index (χ2v) is 10.8. The zero-order valence-electron chi connectivity index (χ0n) is 20.7. The molecule has 0 atom stereocenters. The predicted octanol–water partition coefficient (Wildman–Crippen LogP) is 6.91. The lowest BCUT2D eigenvalue weighted by molar-refractivity contribution is 0.0697. The summed E-state index contributed by atoms with van der Waals surface area (Å²) in [6.07, 6.45) is 2.54. The summed E-state index contributed by atoms with van der Waals surface area (Å²) < 4.78 is 11.0. The van der Waals surface area contributed by atoms with E-state index in [1.807, 2.05) is 36.6 Å². The van der Waals surface area contributed by atoms with Gasteiger partial charge in [-0.1, -0.05) is 19.9 Å². The lowest BCUT2D eigenvalue weighted by Crippen LogP contribution is -2.05. The number of hydrogen-bond donors (Lipinski definition) is 2. The predicted molar refractivity (Wildman–Crippen MR) is 146 cm³/mol. The number of carbonyl (C=O) groups is 1. The molecule has 7 nitrogen and oxygen atoms in total. The fourth-order valence-electron chi connectivity index (χ4n) is 3.76. The van der Waals surface area contributed by atoms with Gasteiger partial charge in [0.2, 0.25) is 0 Å². The summed E-state index contributed by atoms with van der Waals surface area (Å²) in [6.45, 7) is 7.33. The highest BCUT2D eigenvalue weighted by Crippen LogP contribution is 2.37. The summed E-state index contributed by atoms with van der Waals surface area (Å²) in [5, 5.41) is 15.6. The molecule has 0 unspecified atom stereocenters. The number of hydrogen-bond acceptors (Lipinski definition) is 8. The number of carboxylic acid groups (broad SMARTS) is 1. The molecule has 1 aromatic carbocycles. The van der Waals surface area contributed by atoms with Crippen LogP contribution in [0.1, 0.15) is 34.6 Å². The lowest BCUT2D eigenvalue weighted by atomic mass is 10.0. The molecule has 0 saturated carbocycles. The largest absolute Gasteiger partial charge is 0.491 e. The van der Waals surface area contributed by atoms with Crippen molar-refractivity contribution in [1.29, 1.82) is 0 Å². The van der Waals surface area contributed by atoms with Crippen molar-refractivity contribution in [2.45, 2.75) is 27.2 Å². The molecular formula is C27H29N3O4S2. The summed E-state index contributed by atoms with van der Waals surface area (Å²) in [4.78, 5) is 23.4. The first-order valence-corrected chi connectivity index (χ1v) is 13.3. The lowest BCUT2D eigenvalue weighted by Gasteiger charge is -2.10. The minimum Gasteiger partial charge on any atom is -0.491 e. The Morgan fingerprint density at radius 3 is 2.69 bits per heavy atom. The number of aromatic carboxylic acids is 1. The second kappa shape index (κ2) is 11.6. The van der Waals surface area contributed by atoms with E-state index in [2.05, 4.69) is 30.2 Å². The number of methoxy groups -OCH3 is 1. The Hall–Kier alpha value is -3.27. The maximum atomic E-state index is 12.0. The van der Waals surface area contributed by atoms with Crippen molar-refractivity contribution < 1.29 is 19.4 Å². The van der Waals surface area contributed by atoms with Gasteiger partial charge in [0.1, 0.15) is 23.7 Å². The number of rotatable bonds is 11. The summed E-state index contributed by atoms with van der Waals surface area (Å²) in [7, 11) is 1.65. The molecule has 36 heavy (non-hydrogen) atoms. The van der Waals surface area contributed by atoms with Gasteiger partial charge in [0.25, 0.3) is 0 Å². The van der Waals surface area contributed by atoms with E-state index in [0.717, 1.165) is 44.3 Å². The Labute approximate surface area is 218 Å². The van der Waals surface area contributed by atoms with Crippen LogP contribution in [0.5, 0.6) is 5.75 Å². The molecule has 4 aromatic rings. The highest BCUT2D eigenvalue weighted by molar-refractivity contribution is 7.16. The number of pyridine rings is 1. The Morgan fingerprint density at radius 2 is 2.00 bits per heavy atom. The normalized spacial score (nSPS) is 11.1.